The molecule has 1 saturated carbocycles. The van der Waals surface area contributed by atoms with Crippen LogP contribution in [0.15, 0.2) is 36.5 Å². The number of Topliss-reactive ketones (excluding diaryl/α,β-unsaturated/α-hetero) is 1. The van der Waals surface area contributed by atoms with E-state index >= 15 is 0 Å². The van der Waals surface area contributed by atoms with E-state index in [1.54, 1.807) is 6.08 Å². The van der Waals surface area contributed by atoms with E-state index in [0.29, 0.717) is 24.6 Å². The lowest BCUT2D eigenvalue weighted by Gasteiger charge is -2.13. The average molecular weight is 335 g/mol. The Morgan fingerprint density at radius 2 is 2.08 bits per heavy atom. The predicted molar refractivity (Wildman–Crippen MR) is 98.5 cm³/mol. The maximum absolute atomic E-state index is 12.1. The van der Waals surface area contributed by atoms with Crippen LogP contribution in [0.1, 0.15) is 58.3 Å². The van der Waals surface area contributed by atoms with Gasteiger partial charge in [0.25, 0.3) is 0 Å². The minimum absolute atomic E-state index is 0.0101. The number of carbonyl (C=O) groups excluding carboxylic acids is 1. The van der Waals surface area contributed by atoms with Crippen molar-refractivity contribution in [1.82, 2.24) is 5.32 Å². The third-order valence-electron chi connectivity index (χ3n) is 4.63. The number of rotatable bonds is 12. The number of allylic oxidation sites excluding steroid dienone is 4. The van der Waals surface area contributed by atoms with Crippen molar-refractivity contribution < 1.29 is 15.0 Å². The van der Waals surface area contributed by atoms with Crippen molar-refractivity contribution in [3.63, 3.8) is 0 Å². The summed E-state index contributed by atoms with van der Waals surface area (Å²) in [4.78, 5) is 12.1. The molecule has 0 heterocycles. The summed E-state index contributed by atoms with van der Waals surface area (Å²) in [5, 5.41) is 21.7. The predicted octanol–water partition coefficient (Wildman–Crippen LogP) is 3.26. The molecule has 0 aromatic heterocycles. The molecule has 4 nitrogen and oxygen atoms in total. The van der Waals surface area contributed by atoms with Crippen molar-refractivity contribution in [2.45, 2.75) is 70.6 Å². The van der Waals surface area contributed by atoms with Gasteiger partial charge < -0.3 is 15.5 Å². The second kappa shape index (κ2) is 12.2. The highest BCUT2D eigenvalue weighted by atomic mass is 16.5. The smallest absolute Gasteiger partial charge is 0.162 e. The highest BCUT2D eigenvalue weighted by molar-refractivity contribution is 5.98. The standard InChI is InChI=1S/C20H33NO3/c1-3-5-6-7-11-19(22)16(4-2)10-8-9-14-21-18-13-12-17(15-18)20(23)24/h4,8-10,17-18,20-21,23-24H,2-3,5-7,11-15H2,1H3. The van der Waals surface area contributed by atoms with Gasteiger partial charge in [0, 0.05) is 30.5 Å². The van der Waals surface area contributed by atoms with Crippen molar-refractivity contribution in [1.29, 1.82) is 0 Å². The Hall–Kier alpha value is -1.23. The molecular weight excluding hydrogens is 302 g/mol. The summed E-state index contributed by atoms with van der Waals surface area (Å²) < 4.78 is 0. The van der Waals surface area contributed by atoms with Gasteiger partial charge in [-0.25, -0.2) is 0 Å². The number of aliphatic hydroxyl groups is 2. The van der Waals surface area contributed by atoms with Crippen LogP contribution in [0, 0.1) is 5.92 Å². The molecule has 2 unspecified atom stereocenters. The summed E-state index contributed by atoms with van der Waals surface area (Å²) in [7, 11) is 0. The van der Waals surface area contributed by atoms with E-state index in [9.17, 15) is 15.0 Å². The number of hydrogen-bond donors (Lipinski definition) is 3. The van der Waals surface area contributed by atoms with E-state index in [0.717, 1.165) is 32.1 Å². The van der Waals surface area contributed by atoms with Crippen LogP contribution in [0.25, 0.3) is 0 Å². The van der Waals surface area contributed by atoms with Crippen molar-refractivity contribution in [3.8, 4) is 0 Å². The lowest BCUT2D eigenvalue weighted by molar-refractivity contribution is -0.115. The van der Waals surface area contributed by atoms with Gasteiger partial charge in [0.05, 0.1) is 0 Å². The first kappa shape index (κ1) is 20.8. The molecule has 0 aliphatic heterocycles. The van der Waals surface area contributed by atoms with Crippen LogP contribution >= 0.6 is 0 Å². The summed E-state index contributed by atoms with van der Waals surface area (Å²) in [6, 6.07) is 0.338. The number of ketones is 1. The van der Waals surface area contributed by atoms with Crippen LogP contribution in [0.4, 0.5) is 0 Å². The van der Waals surface area contributed by atoms with Gasteiger partial charge in [0.1, 0.15) is 0 Å². The molecule has 0 saturated heterocycles. The number of aliphatic hydroxyl groups excluding tert-OH is 1. The second-order valence-corrected chi connectivity index (χ2v) is 6.58. The third-order valence-corrected chi connectivity index (χ3v) is 4.63. The summed E-state index contributed by atoms with van der Waals surface area (Å²) in [6.07, 6.45) is 13.8. The van der Waals surface area contributed by atoms with Crippen molar-refractivity contribution >= 4 is 5.78 Å². The Bertz CT molecular complexity index is 440. The monoisotopic (exact) mass is 335 g/mol. The van der Waals surface area contributed by atoms with Gasteiger partial charge in [-0.1, -0.05) is 57.1 Å². The fourth-order valence-corrected chi connectivity index (χ4v) is 3.08. The van der Waals surface area contributed by atoms with Crippen LogP contribution in [0.2, 0.25) is 0 Å². The highest BCUT2D eigenvalue weighted by Crippen LogP contribution is 2.27. The van der Waals surface area contributed by atoms with E-state index in [1.165, 1.54) is 12.8 Å². The first-order valence-electron chi connectivity index (χ1n) is 9.20. The summed E-state index contributed by atoms with van der Waals surface area (Å²) >= 11 is 0. The Kier molecular flexibility index (Phi) is 10.6. The number of nitrogens with one attached hydrogen (secondary N) is 1. The van der Waals surface area contributed by atoms with Gasteiger partial charge in [-0.05, 0) is 25.7 Å². The Morgan fingerprint density at radius 3 is 2.71 bits per heavy atom. The zero-order chi connectivity index (χ0) is 17.8. The fourth-order valence-electron chi connectivity index (χ4n) is 3.08. The molecule has 2 atom stereocenters. The Morgan fingerprint density at radius 1 is 1.29 bits per heavy atom. The molecule has 0 aromatic rings. The first-order chi connectivity index (χ1) is 11.6. The average Bonchev–Trinajstić information content (AvgIpc) is 3.04. The fraction of sp³-hybridized carbons (Fsp3) is 0.650. The molecule has 4 heteroatoms. The Balaban J connectivity index is 2.28. The SMILES string of the molecule is C=CC(=CC=CCNC1CCC(C(O)O)C1)C(=O)CCCCCC. The summed E-state index contributed by atoms with van der Waals surface area (Å²) in [5.74, 6) is 0.151. The second-order valence-electron chi connectivity index (χ2n) is 6.58. The zero-order valence-corrected chi connectivity index (χ0v) is 14.9. The van der Waals surface area contributed by atoms with Crippen LogP contribution in [-0.2, 0) is 4.79 Å². The van der Waals surface area contributed by atoms with E-state index < -0.39 is 6.29 Å². The van der Waals surface area contributed by atoms with Crippen LogP contribution in [0.3, 0.4) is 0 Å². The van der Waals surface area contributed by atoms with Crippen LogP contribution < -0.4 is 5.32 Å². The number of unbranched alkanes of at least 4 members (excludes halogenated alkanes) is 3. The molecule has 0 aromatic carbocycles. The van der Waals surface area contributed by atoms with Crippen LogP contribution in [0.5, 0.6) is 0 Å². The van der Waals surface area contributed by atoms with Gasteiger partial charge in [0.2, 0.25) is 0 Å². The molecule has 0 spiro atoms. The maximum atomic E-state index is 12.1. The van der Waals surface area contributed by atoms with E-state index in [4.69, 9.17) is 0 Å². The number of hydrogen-bond acceptors (Lipinski definition) is 4. The zero-order valence-electron chi connectivity index (χ0n) is 14.9. The van der Waals surface area contributed by atoms with Gasteiger partial charge >= 0.3 is 0 Å². The topological polar surface area (TPSA) is 69.6 Å². The minimum Gasteiger partial charge on any atom is -0.368 e. The van der Waals surface area contributed by atoms with E-state index in [-0.39, 0.29) is 11.7 Å². The van der Waals surface area contributed by atoms with Gasteiger partial charge in [0.15, 0.2) is 12.1 Å². The highest BCUT2D eigenvalue weighted by Gasteiger charge is 2.28. The molecule has 24 heavy (non-hydrogen) atoms. The molecule has 3 N–H and O–H groups in total. The minimum atomic E-state index is -1.20. The van der Waals surface area contributed by atoms with Crippen molar-refractivity contribution in [2.24, 2.45) is 5.92 Å². The lowest BCUT2D eigenvalue weighted by Crippen LogP contribution is -2.27. The van der Waals surface area contributed by atoms with Crippen molar-refractivity contribution in [2.75, 3.05) is 6.54 Å². The normalized spacial score (nSPS) is 21.8. The van der Waals surface area contributed by atoms with Gasteiger partial charge in [-0.2, -0.15) is 0 Å². The molecule has 0 bridgehead atoms. The molecule has 0 radical (unpaired) electrons. The third kappa shape index (κ3) is 8.04. The van der Waals surface area contributed by atoms with Gasteiger partial charge in [-0.15, -0.1) is 0 Å². The van der Waals surface area contributed by atoms with E-state index in [2.05, 4.69) is 18.8 Å². The summed E-state index contributed by atoms with van der Waals surface area (Å²) in [6.45, 7) is 6.60. The van der Waals surface area contributed by atoms with Crippen molar-refractivity contribution in [3.05, 3.63) is 36.5 Å². The van der Waals surface area contributed by atoms with Gasteiger partial charge in [-0.3, -0.25) is 4.79 Å². The Labute approximate surface area is 146 Å². The largest absolute Gasteiger partial charge is 0.368 e. The molecule has 1 aliphatic rings. The molecule has 1 aliphatic carbocycles. The summed E-state index contributed by atoms with van der Waals surface area (Å²) in [5.41, 5.74) is 0.673. The quantitative estimate of drug-likeness (QED) is 0.222. The molecule has 1 rings (SSSR count). The molecule has 1 fully saturated rings. The lowest BCUT2D eigenvalue weighted by atomic mass is 10.0. The van der Waals surface area contributed by atoms with E-state index in [1.807, 2.05) is 18.2 Å². The molecule has 0 amide bonds. The number of carbonyl (C=O) groups is 1. The first-order valence-corrected chi connectivity index (χ1v) is 9.20. The molecule has 136 valence electrons. The van der Waals surface area contributed by atoms with Crippen LogP contribution in [-0.4, -0.2) is 34.9 Å². The maximum Gasteiger partial charge on any atom is 0.162 e. The molecular formula is C20H33NO3.